The molecule has 0 bridgehead atoms. The van der Waals surface area contributed by atoms with E-state index in [1.807, 2.05) is 30.3 Å². The van der Waals surface area contributed by atoms with Gasteiger partial charge < -0.3 is 26.2 Å². The average molecular weight is 404 g/mol. The molecule has 0 spiro atoms. The molecule has 1 amide bonds. The molecule has 6 N–H and O–H groups in total. The van der Waals surface area contributed by atoms with Gasteiger partial charge >= 0.3 is 0 Å². The molecule has 3 aromatic rings. The molecule has 7 nitrogen and oxygen atoms in total. The summed E-state index contributed by atoms with van der Waals surface area (Å²) in [5, 5.41) is 23.8. The van der Waals surface area contributed by atoms with Crippen molar-refractivity contribution in [1.29, 1.82) is 5.41 Å². The minimum absolute atomic E-state index is 0.0289. The molecule has 0 fully saturated rings. The van der Waals surface area contributed by atoms with Crippen molar-refractivity contribution in [3.63, 3.8) is 0 Å². The van der Waals surface area contributed by atoms with Gasteiger partial charge in [0.05, 0.1) is 7.11 Å². The molecule has 0 saturated carbocycles. The summed E-state index contributed by atoms with van der Waals surface area (Å²) in [5.74, 6) is -0.00422. The Kier molecular flexibility index (Phi) is 6.54. The standard InChI is InChI=1S/C23H24N4O3/c1-30-20-12-9-17(13-19(20)28)21(23(29)26-14-15-5-3-2-4-6-15)27-18-10-7-16(8-11-18)22(24)25/h2-13,21,27-28H,14H2,1H3,(H3,24,25)(H,26,29)/t21-/m0/s1. The van der Waals surface area contributed by atoms with Gasteiger partial charge in [-0.05, 0) is 47.5 Å². The topological polar surface area (TPSA) is 120 Å². The van der Waals surface area contributed by atoms with E-state index in [9.17, 15) is 9.90 Å². The fraction of sp³-hybridized carbons (Fsp3) is 0.130. The second kappa shape index (κ2) is 9.47. The van der Waals surface area contributed by atoms with Crippen molar-refractivity contribution in [2.45, 2.75) is 12.6 Å². The third-order valence-electron chi connectivity index (χ3n) is 4.61. The number of anilines is 1. The lowest BCUT2D eigenvalue weighted by Crippen LogP contribution is -2.33. The Labute approximate surface area is 175 Å². The molecule has 0 aliphatic rings. The maximum absolute atomic E-state index is 13.0. The lowest BCUT2D eigenvalue weighted by molar-refractivity contribution is -0.122. The van der Waals surface area contributed by atoms with Crippen LogP contribution in [0.15, 0.2) is 72.8 Å². The Hall–Kier alpha value is -4.00. The van der Waals surface area contributed by atoms with Gasteiger partial charge in [0.15, 0.2) is 11.5 Å². The molecule has 0 aliphatic heterocycles. The first-order valence-electron chi connectivity index (χ1n) is 9.37. The normalized spacial score (nSPS) is 11.4. The van der Waals surface area contributed by atoms with Crippen LogP contribution in [0.3, 0.4) is 0 Å². The summed E-state index contributed by atoms with van der Waals surface area (Å²) in [7, 11) is 1.47. The average Bonchev–Trinajstić information content (AvgIpc) is 2.76. The highest BCUT2D eigenvalue weighted by molar-refractivity contribution is 5.95. The number of amides is 1. The first kappa shape index (κ1) is 20.7. The Morgan fingerprint density at radius 3 is 2.40 bits per heavy atom. The van der Waals surface area contributed by atoms with Crippen molar-refractivity contribution in [1.82, 2.24) is 5.32 Å². The first-order valence-corrected chi connectivity index (χ1v) is 9.37. The summed E-state index contributed by atoms with van der Waals surface area (Å²) in [6.45, 7) is 0.378. The number of nitrogen functional groups attached to an aromatic ring is 1. The number of phenols is 1. The third-order valence-corrected chi connectivity index (χ3v) is 4.61. The number of phenolic OH excluding ortho intramolecular Hbond substituents is 1. The Balaban J connectivity index is 1.84. The van der Waals surface area contributed by atoms with E-state index in [4.69, 9.17) is 15.9 Å². The Morgan fingerprint density at radius 2 is 1.80 bits per heavy atom. The lowest BCUT2D eigenvalue weighted by atomic mass is 10.0. The molecule has 0 saturated heterocycles. The van der Waals surface area contributed by atoms with E-state index < -0.39 is 6.04 Å². The van der Waals surface area contributed by atoms with Gasteiger partial charge in [-0.3, -0.25) is 10.2 Å². The van der Waals surface area contributed by atoms with E-state index in [2.05, 4.69) is 10.6 Å². The predicted octanol–water partition coefficient (Wildman–Crippen LogP) is 3.15. The lowest BCUT2D eigenvalue weighted by Gasteiger charge is -2.21. The predicted molar refractivity (Wildman–Crippen MR) is 117 cm³/mol. The SMILES string of the molecule is COc1ccc([C@H](Nc2ccc(C(=N)N)cc2)C(=O)NCc2ccccc2)cc1O. The monoisotopic (exact) mass is 404 g/mol. The second-order valence-electron chi connectivity index (χ2n) is 6.70. The van der Waals surface area contributed by atoms with Crippen LogP contribution in [0.5, 0.6) is 11.5 Å². The van der Waals surface area contributed by atoms with Crippen LogP contribution in [0.2, 0.25) is 0 Å². The van der Waals surface area contributed by atoms with Gasteiger partial charge in [0, 0.05) is 17.8 Å². The zero-order valence-electron chi connectivity index (χ0n) is 16.6. The van der Waals surface area contributed by atoms with Gasteiger partial charge in [-0.1, -0.05) is 36.4 Å². The second-order valence-corrected chi connectivity index (χ2v) is 6.70. The summed E-state index contributed by atoms with van der Waals surface area (Å²) in [6, 6.07) is 20.6. The highest BCUT2D eigenvalue weighted by Crippen LogP contribution is 2.30. The molecular formula is C23H24N4O3. The van der Waals surface area contributed by atoms with Crippen LogP contribution in [0.25, 0.3) is 0 Å². The fourth-order valence-corrected chi connectivity index (χ4v) is 2.99. The zero-order valence-corrected chi connectivity index (χ0v) is 16.6. The van der Waals surface area contributed by atoms with E-state index in [0.717, 1.165) is 5.56 Å². The molecule has 0 aromatic heterocycles. The third kappa shape index (κ3) is 5.08. The molecule has 0 radical (unpaired) electrons. The van der Waals surface area contributed by atoms with E-state index in [1.165, 1.54) is 13.2 Å². The number of ether oxygens (including phenoxy) is 1. The minimum atomic E-state index is -0.756. The van der Waals surface area contributed by atoms with E-state index in [0.29, 0.717) is 29.1 Å². The van der Waals surface area contributed by atoms with Crippen LogP contribution in [0.1, 0.15) is 22.7 Å². The summed E-state index contributed by atoms with van der Waals surface area (Å²) < 4.78 is 5.10. The molecule has 3 aromatic carbocycles. The highest BCUT2D eigenvalue weighted by atomic mass is 16.5. The van der Waals surface area contributed by atoms with Gasteiger partial charge in [-0.2, -0.15) is 0 Å². The Morgan fingerprint density at radius 1 is 1.10 bits per heavy atom. The molecule has 0 unspecified atom stereocenters. The van der Waals surface area contributed by atoms with Gasteiger partial charge in [-0.15, -0.1) is 0 Å². The van der Waals surface area contributed by atoms with Crippen molar-refractivity contribution in [2.24, 2.45) is 5.73 Å². The number of benzene rings is 3. The largest absolute Gasteiger partial charge is 0.504 e. The number of nitrogens with one attached hydrogen (secondary N) is 3. The van der Waals surface area contributed by atoms with Gasteiger partial charge in [0.25, 0.3) is 0 Å². The van der Waals surface area contributed by atoms with Crippen LogP contribution in [-0.4, -0.2) is 24.0 Å². The summed E-state index contributed by atoms with van der Waals surface area (Å²) >= 11 is 0. The van der Waals surface area contributed by atoms with Gasteiger partial charge in [0.2, 0.25) is 5.91 Å². The molecule has 30 heavy (non-hydrogen) atoms. The number of amidine groups is 1. The van der Waals surface area contributed by atoms with Crippen molar-refractivity contribution in [2.75, 3.05) is 12.4 Å². The first-order chi connectivity index (χ1) is 14.5. The zero-order chi connectivity index (χ0) is 21.5. The van der Waals surface area contributed by atoms with Crippen LogP contribution >= 0.6 is 0 Å². The van der Waals surface area contributed by atoms with Crippen LogP contribution in [-0.2, 0) is 11.3 Å². The number of carbonyl (C=O) groups excluding carboxylic acids is 1. The Bertz CT molecular complexity index is 1020. The fourth-order valence-electron chi connectivity index (χ4n) is 2.99. The van der Waals surface area contributed by atoms with Crippen LogP contribution in [0, 0.1) is 5.41 Å². The highest BCUT2D eigenvalue weighted by Gasteiger charge is 2.22. The van der Waals surface area contributed by atoms with Crippen LogP contribution in [0.4, 0.5) is 5.69 Å². The maximum Gasteiger partial charge on any atom is 0.247 e. The van der Waals surface area contributed by atoms with Crippen molar-refractivity contribution >= 4 is 17.4 Å². The number of carbonyl (C=O) groups is 1. The molecule has 0 aliphatic carbocycles. The van der Waals surface area contributed by atoms with E-state index >= 15 is 0 Å². The molecule has 154 valence electrons. The molecule has 0 heterocycles. The maximum atomic E-state index is 13.0. The smallest absolute Gasteiger partial charge is 0.247 e. The van der Waals surface area contributed by atoms with Crippen molar-refractivity contribution in [3.05, 3.63) is 89.5 Å². The molecule has 1 atom stereocenters. The number of hydrogen-bond acceptors (Lipinski definition) is 5. The summed E-state index contributed by atoms with van der Waals surface area (Å²) in [6.07, 6.45) is 0. The van der Waals surface area contributed by atoms with E-state index in [1.54, 1.807) is 36.4 Å². The number of methoxy groups -OCH3 is 1. The summed E-state index contributed by atoms with van der Waals surface area (Å²) in [5.41, 5.74) is 8.33. The number of nitrogens with two attached hydrogens (primary N) is 1. The van der Waals surface area contributed by atoms with E-state index in [-0.39, 0.29) is 17.5 Å². The van der Waals surface area contributed by atoms with Crippen LogP contribution < -0.4 is 21.1 Å². The summed E-state index contributed by atoms with van der Waals surface area (Å²) in [4.78, 5) is 13.0. The van der Waals surface area contributed by atoms with Gasteiger partial charge in [0.1, 0.15) is 11.9 Å². The minimum Gasteiger partial charge on any atom is -0.504 e. The quantitative estimate of drug-likeness (QED) is 0.292. The number of aromatic hydroxyl groups is 1. The van der Waals surface area contributed by atoms with Crippen molar-refractivity contribution < 1.29 is 14.6 Å². The number of rotatable bonds is 8. The molecule has 3 rings (SSSR count). The number of hydrogen-bond donors (Lipinski definition) is 5. The molecule has 7 heteroatoms. The van der Waals surface area contributed by atoms with Gasteiger partial charge in [-0.25, -0.2) is 0 Å². The van der Waals surface area contributed by atoms with Crippen molar-refractivity contribution in [3.8, 4) is 11.5 Å². The molecular weight excluding hydrogens is 380 g/mol.